The van der Waals surface area contributed by atoms with Gasteiger partial charge in [0.05, 0.1) is 12.0 Å². The Morgan fingerprint density at radius 2 is 1.74 bits per heavy atom. The van der Waals surface area contributed by atoms with Gasteiger partial charge in [0.2, 0.25) is 0 Å². The molecule has 0 amide bonds. The van der Waals surface area contributed by atoms with Gasteiger partial charge in [-0.3, -0.25) is 0 Å². The van der Waals surface area contributed by atoms with Crippen molar-refractivity contribution in [1.29, 1.82) is 0 Å². The van der Waals surface area contributed by atoms with Crippen LogP contribution in [0, 0.1) is 17.8 Å². The minimum atomic E-state index is -3.51. The zero-order valence-corrected chi connectivity index (χ0v) is 15.3. The summed E-state index contributed by atoms with van der Waals surface area (Å²) in [7, 11) is 0. The number of allylic oxidation sites excluding steroid dienone is 5. The highest BCUT2D eigenvalue weighted by atomic mass is 19.3. The van der Waals surface area contributed by atoms with Crippen LogP contribution in [0.1, 0.15) is 51.9 Å². The lowest BCUT2D eigenvalue weighted by molar-refractivity contribution is -0.258. The van der Waals surface area contributed by atoms with E-state index in [1.54, 1.807) is 0 Å². The van der Waals surface area contributed by atoms with Gasteiger partial charge in [-0.25, -0.2) is 13.2 Å². The highest BCUT2D eigenvalue weighted by Crippen LogP contribution is 2.43. The molecule has 0 aromatic heterocycles. The summed E-state index contributed by atoms with van der Waals surface area (Å²) in [6.07, 6.45) is 1.25. The Balaban J connectivity index is 1.56. The van der Waals surface area contributed by atoms with E-state index in [2.05, 4.69) is 6.92 Å². The predicted octanol–water partition coefficient (Wildman–Crippen LogP) is 6.51. The number of ether oxygens (including phenoxy) is 2. The Morgan fingerprint density at radius 3 is 2.37 bits per heavy atom. The fourth-order valence-corrected chi connectivity index (χ4v) is 4.09. The molecule has 0 spiro atoms. The molecule has 27 heavy (non-hydrogen) atoms. The summed E-state index contributed by atoms with van der Waals surface area (Å²) in [5.41, 5.74) is 0. The largest absolute Gasteiger partial charge is 0.436 e. The van der Waals surface area contributed by atoms with E-state index < -0.39 is 41.7 Å². The first-order chi connectivity index (χ1) is 12.8. The van der Waals surface area contributed by atoms with Gasteiger partial charge in [-0.2, -0.15) is 8.78 Å². The zero-order valence-electron chi connectivity index (χ0n) is 15.3. The SMILES string of the molecule is CC1CCC(C2CCC(C(F)(F)OC3=CC(F)=C(F)C(F)=CC3)CC2)OC1. The van der Waals surface area contributed by atoms with Crippen LogP contribution in [0.15, 0.2) is 35.4 Å². The molecule has 0 aromatic carbocycles. The second kappa shape index (κ2) is 8.33. The van der Waals surface area contributed by atoms with Crippen molar-refractivity contribution < 1.29 is 31.4 Å². The maximum atomic E-state index is 14.5. The number of alkyl halides is 2. The van der Waals surface area contributed by atoms with Gasteiger partial charge in [-0.05, 0) is 56.4 Å². The van der Waals surface area contributed by atoms with Crippen molar-refractivity contribution in [2.24, 2.45) is 17.8 Å². The lowest BCUT2D eigenvalue weighted by atomic mass is 9.77. The summed E-state index contributed by atoms with van der Waals surface area (Å²) >= 11 is 0. The van der Waals surface area contributed by atoms with Crippen LogP contribution in [0.5, 0.6) is 0 Å². The van der Waals surface area contributed by atoms with Crippen molar-refractivity contribution >= 4 is 0 Å². The van der Waals surface area contributed by atoms with Crippen LogP contribution in [-0.2, 0) is 9.47 Å². The minimum Gasteiger partial charge on any atom is -0.436 e. The van der Waals surface area contributed by atoms with Crippen LogP contribution in [0.2, 0.25) is 0 Å². The molecule has 3 rings (SSSR count). The van der Waals surface area contributed by atoms with Crippen LogP contribution in [0.4, 0.5) is 22.0 Å². The fraction of sp³-hybridized carbons (Fsp3) is 0.700. The third-order valence-electron chi connectivity index (χ3n) is 5.77. The molecule has 2 aliphatic carbocycles. The van der Waals surface area contributed by atoms with E-state index in [1.165, 1.54) is 0 Å². The monoisotopic (exact) mass is 392 g/mol. The summed E-state index contributed by atoms with van der Waals surface area (Å²) in [5, 5.41) is 0. The molecule has 3 aliphatic rings. The van der Waals surface area contributed by atoms with Gasteiger partial charge in [0.25, 0.3) is 0 Å². The molecule has 0 bridgehead atoms. The van der Waals surface area contributed by atoms with Crippen molar-refractivity contribution in [3.05, 3.63) is 35.4 Å². The van der Waals surface area contributed by atoms with E-state index in [1.807, 2.05) is 0 Å². The first kappa shape index (κ1) is 20.4. The van der Waals surface area contributed by atoms with Crippen LogP contribution in [-0.4, -0.2) is 18.8 Å². The lowest BCUT2D eigenvalue weighted by Gasteiger charge is -2.38. The fourth-order valence-electron chi connectivity index (χ4n) is 4.09. The molecule has 2 nitrogen and oxygen atoms in total. The zero-order chi connectivity index (χ0) is 19.6. The number of hydrogen-bond donors (Lipinski definition) is 0. The lowest BCUT2D eigenvalue weighted by Crippen LogP contribution is -2.38. The summed E-state index contributed by atoms with van der Waals surface area (Å²) in [6.45, 7) is 2.86. The average molecular weight is 392 g/mol. The highest BCUT2D eigenvalue weighted by molar-refractivity contribution is 5.33. The molecule has 0 aromatic rings. The summed E-state index contributed by atoms with van der Waals surface area (Å²) in [5.74, 6) is -5.32. The highest BCUT2D eigenvalue weighted by Gasteiger charge is 2.45. The molecule has 2 unspecified atom stereocenters. The standard InChI is InChI=1S/C20H25F5O2/c1-12-2-9-18(26-11-12)13-3-5-14(6-4-13)20(24,25)27-15-7-8-16(21)19(23)17(22)10-15/h8,10,12-14,18H,2-7,9,11H2,1H3. The third kappa shape index (κ3) is 4.92. The van der Waals surface area contributed by atoms with Gasteiger partial charge in [-0.1, -0.05) is 6.92 Å². The Morgan fingerprint density at radius 1 is 1.04 bits per heavy atom. The van der Waals surface area contributed by atoms with Gasteiger partial charge >= 0.3 is 6.11 Å². The summed E-state index contributed by atoms with van der Waals surface area (Å²) in [6, 6.07) is 0. The molecule has 7 heteroatoms. The van der Waals surface area contributed by atoms with Crippen LogP contribution in [0.25, 0.3) is 0 Å². The second-order valence-corrected chi connectivity index (χ2v) is 7.86. The van der Waals surface area contributed by atoms with Crippen molar-refractivity contribution in [3.8, 4) is 0 Å². The number of hydrogen-bond acceptors (Lipinski definition) is 2. The molecule has 1 aliphatic heterocycles. The van der Waals surface area contributed by atoms with E-state index in [9.17, 15) is 22.0 Å². The molecular weight excluding hydrogens is 367 g/mol. The van der Waals surface area contributed by atoms with Gasteiger partial charge in [0, 0.05) is 19.1 Å². The molecule has 152 valence electrons. The van der Waals surface area contributed by atoms with Gasteiger partial charge < -0.3 is 9.47 Å². The molecule has 0 N–H and O–H groups in total. The summed E-state index contributed by atoms with van der Waals surface area (Å²) < 4.78 is 79.5. The van der Waals surface area contributed by atoms with Gasteiger partial charge in [0.1, 0.15) is 5.76 Å². The van der Waals surface area contributed by atoms with Crippen LogP contribution in [0.3, 0.4) is 0 Å². The number of rotatable bonds is 4. The van der Waals surface area contributed by atoms with Crippen molar-refractivity contribution in [3.63, 3.8) is 0 Å². The van der Waals surface area contributed by atoms with Crippen LogP contribution < -0.4 is 0 Å². The number of halogens is 5. The molecule has 1 heterocycles. The maximum Gasteiger partial charge on any atom is 0.400 e. The van der Waals surface area contributed by atoms with Gasteiger partial charge in [0.15, 0.2) is 17.5 Å². The molecule has 2 atom stereocenters. The predicted molar refractivity (Wildman–Crippen MR) is 90.8 cm³/mol. The van der Waals surface area contributed by atoms with Gasteiger partial charge in [-0.15, -0.1) is 0 Å². The molecule has 0 radical (unpaired) electrons. The van der Waals surface area contributed by atoms with E-state index in [-0.39, 0.29) is 24.9 Å². The first-order valence-electron chi connectivity index (χ1n) is 9.56. The van der Waals surface area contributed by atoms with Crippen molar-refractivity contribution in [2.75, 3.05) is 6.61 Å². The van der Waals surface area contributed by atoms with E-state index in [4.69, 9.17) is 9.47 Å². The quantitative estimate of drug-likeness (QED) is 0.508. The van der Waals surface area contributed by atoms with E-state index in [0.717, 1.165) is 19.4 Å². The van der Waals surface area contributed by atoms with Crippen molar-refractivity contribution in [2.45, 2.75) is 64.1 Å². The average Bonchev–Trinajstić information content (AvgIpc) is 2.76. The first-order valence-corrected chi connectivity index (χ1v) is 9.56. The smallest absolute Gasteiger partial charge is 0.400 e. The molecule has 1 saturated carbocycles. The topological polar surface area (TPSA) is 18.5 Å². The van der Waals surface area contributed by atoms with Crippen molar-refractivity contribution in [1.82, 2.24) is 0 Å². The van der Waals surface area contributed by atoms with E-state index in [0.29, 0.717) is 30.9 Å². The molecule has 1 saturated heterocycles. The normalized spacial score (nSPS) is 33.3. The second-order valence-electron chi connectivity index (χ2n) is 7.86. The Kier molecular flexibility index (Phi) is 6.28. The maximum absolute atomic E-state index is 14.5. The third-order valence-corrected chi connectivity index (χ3v) is 5.77. The summed E-state index contributed by atoms with van der Waals surface area (Å²) in [4.78, 5) is 0. The molecule has 2 fully saturated rings. The van der Waals surface area contributed by atoms with E-state index >= 15 is 0 Å². The Labute approximate surface area is 156 Å². The Bertz CT molecular complexity index is 624. The Hall–Kier alpha value is -1.37. The molecular formula is C20H25F5O2. The minimum absolute atomic E-state index is 0.136. The van der Waals surface area contributed by atoms with Crippen LogP contribution >= 0.6 is 0 Å².